The molecule has 0 spiro atoms. The topological polar surface area (TPSA) is 251 Å². The van der Waals surface area contributed by atoms with Crippen molar-refractivity contribution in [3.63, 3.8) is 0 Å². The summed E-state index contributed by atoms with van der Waals surface area (Å²) in [6.45, 7) is 3.66. The number of hydrogen-bond acceptors (Lipinski definition) is 12. The lowest BCUT2D eigenvalue weighted by molar-refractivity contribution is 0.472. The number of azo groups is 2. The van der Waals surface area contributed by atoms with E-state index < -0.39 is 52.9 Å². The Morgan fingerprint density at radius 3 is 1.48 bits per heavy atom. The summed E-state index contributed by atoms with van der Waals surface area (Å²) in [6, 6.07) is 21.5. The van der Waals surface area contributed by atoms with E-state index in [1.165, 1.54) is 42.5 Å². The van der Waals surface area contributed by atoms with Gasteiger partial charge in [0.2, 0.25) is 0 Å². The van der Waals surface area contributed by atoms with Crippen LogP contribution in [0.4, 0.5) is 34.1 Å². The zero-order chi connectivity index (χ0) is 36.1. The van der Waals surface area contributed by atoms with Gasteiger partial charge in [0, 0.05) is 22.1 Å². The Morgan fingerprint density at radius 2 is 0.980 bits per heavy atom. The van der Waals surface area contributed by atoms with Gasteiger partial charge in [-0.25, -0.2) is 0 Å². The van der Waals surface area contributed by atoms with Gasteiger partial charge >= 0.3 is 0 Å². The van der Waals surface area contributed by atoms with E-state index in [1.807, 2.05) is 13.8 Å². The Morgan fingerprint density at radius 1 is 0.520 bits per heavy atom. The lowest BCUT2D eigenvalue weighted by Gasteiger charge is -2.11. The Kier molecular flexibility index (Phi) is 8.49. The number of phenols is 2. The lowest BCUT2D eigenvalue weighted by atomic mass is 9.96. The third-order valence-corrected chi connectivity index (χ3v) is 9.68. The van der Waals surface area contributed by atoms with Gasteiger partial charge in [-0.3, -0.25) is 9.11 Å². The maximum Gasteiger partial charge on any atom is 0.296 e. The van der Waals surface area contributed by atoms with Crippen LogP contribution < -0.4 is 11.5 Å². The van der Waals surface area contributed by atoms with Crippen LogP contribution in [-0.2, 0) is 20.2 Å². The van der Waals surface area contributed by atoms with Gasteiger partial charge in [-0.2, -0.15) is 27.1 Å². The van der Waals surface area contributed by atoms with Crippen LogP contribution in [-0.4, -0.2) is 36.2 Å². The maximum atomic E-state index is 12.1. The Hall–Kier alpha value is -5.94. The second kappa shape index (κ2) is 12.5. The average Bonchev–Trinajstić information content (AvgIpc) is 3.03. The van der Waals surface area contributed by atoms with Gasteiger partial charge in [0.1, 0.15) is 21.2 Å². The van der Waals surface area contributed by atoms with Crippen molar-refractivity contribution in [2.45, 2.75) is 23.6 Å². The van der Waals surface area contributed by atoms with E-state index in [4.69, 9.17) is 11.5 Å². The first-order valence-corrected chi connectivity index (χ1v) is 17.5. The number of hydrogen-bond donors (Lipinski definition) is 6. The minimum absolute atomic E-state index is 0.231. The average molecular weight is 713 g/mol. The zero-order valence-corrected chi connectivity index (χ0v) is 27.9. The van der Waals surface area contributed by atoms with Gasteiger partial charge in [0.25, 0.3) is 20.2 Å². The number of phenolic OH excluding ortho intramolecular Hbond substituents is 2. The van der Waals surface area contributed by atoms with Crippen LogP contribution in [0, 0.1) is 13.8 Å². The van der Waals surface area contributed by atoms with Crippen molar-refractivity contribution in [2.24, 2.45) is 20.5 Å². The highest BCUT2D eigenvalue weighted by Crippen LogP contribution is 2.44. The molecule has 6 aromatic rings. The molecule has 0 fully saturated rings. The molecule has 0 aliphatic rings. The predicted octanol–water partition coefficient (Wildman–Crippen LogP) is 8.18. The molecular formula is C34H28N6O8S2. The summed E-state index contributed by atoms with van der Waals surface area (Å²) in [7, 11) is -9.57. The van der Waals surface area contributed by atoms with E-state index in [-0.39, 0.29) is 16.2 Å². The molecule has 0 heterocycles. The fourth-order valence-electron chi connectivity index (χ4n) is 5.56. The molecule has 50 heavy (non-hydrogen) atoms. The zero-order valence-electron chi connectivity index (χ0n) is 26.3. The summed E-state index contributed by atoms with van der Waals surface area (Å²) in [6.07, 6.45) is 0. The van der Waals surface area contributed by atoms with Crippen molar-refractivity contribution >= 4 is 75.9 Å². The molecule has 0 amide bonds. The molecule has 0 saturated carbocycles. The van der Waals surface area contributed by atoms with Gasteiger partial charge in [-0.15, -0.1) is 10.2 Å². The van der Waals surface area contributed by atoms with E-state index in [1.54, 1.807) is 36.4 Å². The molecule has 0 aromatic heterocycles. The van der Waals surface area contributed by atoms with Crippen LogP contribution in [0.2, 0.25) is 0 Å². The molecule has 0 atom stereocenters. The molecule has 6 aromatic carbocycles. The molecule has 6 rings (SSSR count). The van der Waals surface area contributed by atoms with E-state index in [0.717, 1.165) is 28.3 Å². The highest BCUT2D eigenvalue weighted by Gasteiger charge is 2.23. The first-order valence-electron chi connectivity index (χ1n) is 14.6. The van der Waals surface area contributed by atoms with Crippen molar-refractivity contribution in [1.29, 1.82) is 0 Å². The summed E-state index contributed by atoms with van der Waals surface area (Å²) in [5, 5.41) is 39.0. The minimum Gasteiger partial charge on any atom is -0.505 e. The van der Waals surface area contributed by atoms with E-state index in [2.05, 4.69) is 20.5 Å². The van der Waals surface area contributed by atoms with Crippen molar-refractivity contribution < 1.29 is 36.2 Å². The summed E-state index contributed by atoms with van der Waals surface area (Å²) in [5.74, 6) is -1.00. The van der Waals surface area contributed by atoms with Crippen LogP contribution in [0.25, 0.3) is 32.7 Å². The van der Waals surface area contributed by atoms with E-state index >= 15 is 0 Å². The number of nitrogen functional groups attached to an aromatic ring is 2. The summed E-state index contributed by atoms with van der Waals surface area (Å²) >= 11 is 0. The van der Waals surface area contributed by atoms with Crippen LogP contribution >= 0.6 is 0 Å². The smallest absolute Gasteiger partial charge is 0.296 e. The van der Waals surface area contributed by atoms with Gasteiger partial charge in [-0.05, 0) is 114 Å². The number of nitrogens with zero attached hydrogens (tertiary/aromatic N) is 4. The summed E-state index contributed by atoms with van der Waals surface area (Å²) in [5.41, 5.74) is 15.2. The van der Waals surface area contributed by atoms with E-state index in [0.29, 0.717) is 28.1 Å². The first kappa shape index (κ1) is 33.9. The molecule has 8 N–H and O–H groups in total. The van der Waals surface area contributed by atoms with Gasteiger partial charge in [0.15, 0.2) is 11.5 Å². The number of aryl methyl sites for hydroxylation is 2. The first-order chi connectivity index (χ1) is 23.5. The maximum absolute atomic E-state index is 12.1. The van der Waals surface area contributed by atoms with Crippen molar-refractivity contribution in [2.75, 3.05) is 11.5 Å². The molecule has 0 aliphatic carbocycles. The SMILES string of the molecule is Cc1cc(/N=N/c2c(S(=O)(=O)O)cc3cc(N)ccc3c2O)ccc1-c1ccc(/N=N/c2c(S(=O)(=O)O)cc3ccc(N)cc3c2O)cc1C. The third-order valence-electron chi connectivity index (χ3n) is 7.95. The molecule has 254 valence electrons. The van der Waals surface area contributed by atoms with Crippen LogP contribution in [0.5, 0.6) is 11.5 Å². The van der Waals surface area contributed by atoms with E-state index in [9.17, 15) is 36.2 Å². The Labute approximate surface area is 285 Å². The Balaban J connectivity index is 1.31. The molecule has 0 radical (unpaired) electrons. The number of anilines is 2. The summed E-state index contributed by atoms with van der Waals surface area (Å²) in [4.78, 5) is -1.25. The molecule has 16 heteroatoms. The molecule has 0 aliphatic heterocycles. The number of fused-ring (bicyclic) bond motifs is 2. The fraction of sp³-hybridized carbons (Fsp3) is 0.0588. The standard InChI is InChI=1S/C34H28N6O8S2/c1-17-11-23(37-39-31-30(50(46,47)48)15-20-13-21(35)5-8-27(20)33(31)41)6-9-25(17)26-10-7-24(12-18(26)2)38-40-32-29(49(43,44)45)14-19-3-4-22(36)16-28(19)34(32)42/h3-16,41-42H,35-36H2,1-2H3,(H,43,44,45)(H,46,47,48)/b39-37+,40-38+. The molecule has 0 unspecified atom stereocenters. The number of aromatic hydroxyl groups is 2. The van der Waals surface area contributed by atoms with Gasteiger partial charge in [-0.1, -0.05) is 18.2 Å². The molecule has 0 saturated heterocycles. The van der Waals surface area contributed by atoms with Crippen LogP contribution in [0.15, 0.2) is 115 Å². The molecule has 0 bridgehead atoms. The number of rotatable bonds is 7. The van der Waals surface area contributed by atoms with Crippen molar-refractivity contribution in [3.05, 3.63) is 96.1 Å². The number of nitrogens with two attached hydrogens (primary N) is 2. The number of benzene rings is 6. The van der Waals surface area contributed by atoms with Crippen LogP contribution in [0.1, 0.15) is 11.1 Å². The van der Waals surface area contributed by atoms with Crippen molar-refractivity contribution in [3.8, 4) is 22.6 Å². The monoisotopic (exact) mass is 712 g/mol. The van der Waals surface area contributed by atoms with Gasteiger partial charge < -0.3 is 21.7 Å². The third kappa shape index (κ3) is 6.55. The van der Waals surface area contributed by atoms with Crippen LogP contribution in [0.3, 0.4) is 0 Å². The van der Waals surface area contributed by atoms with Crippen molar-refractivity contribution in [1.82, 2.24) is 0 Å². The second-order valence-corrected chi connectivity index (χ2v) is 14.2. The lowest BCUT2D eigenvalue weighted by Crippen LogP contribution is -1.99. The highest BCUT2D eigenvalue weighted by molar-refractivity contribution is 7.86. The minimum atomic E-state index is -4.79. The molecule has 14 nitrogen and oxygen atoms in total. The largest absolute Gasteiger partial charge is 0.505 e. The fourth-order valence-corrected chi connectivity index (χ4v) is 6.87. The predicted molar refractivity (Wildman–Crippen MR) is 189 cm³/mol. The quantitative estimate of drug-likeness (QED) is 0.0526. The Bertz CT molecular complexity index is 2680. The highest BCUT2D eigenvalue weighted by atomic mass is 32.2. The normalized spacial score (nSPS) is 12.5. The molecular weight excluding hydrogens is 685 g/mol. The van der Waals surface area contributed by atoms with Gasteiger partial charge in [0.05, 0.1) is 11.4 Å². The summed E-state index contributed by atoms with van der Waals surface area (Å²) < 4.78 is 68.2. The second-order valence-electron chi connectivity index (χ2n) is 11.5.